The Labute approximate surface area is 243 Å². The lowest BCUT2D eigenvalue weighted by molar-refractivity contribution is 0.125. The average Bonchev–Trinajstić information content (AvgIpc) is 3.30. The van der Waals surface area contributed by atoms with Crippen molar-refractivity contribution >= 4 is 0 Å². The third-order valence-corrected chi connectivity index (χ3v) is 10.1. The standard InChI is InChI=1S/C11H22.C10H20.C9H18.C8H16/c1-10(2)9-11(3)7-5-4-6-8-11;1-9(2)8-10(3)6-4-5-7-10;1-8(2)7-9(3)5-4-6-9;1-7(2)6-8(3)4-5-8/h10H,4-9H2,1-3H3;9H,4-8H2,1-3H3;8H,4-7H2,1-3H3;7H,4-6H2,1-3H3. The second kappa shape index (κ2) is 16.4. The van der Waals surface area contributed by atoms with E-state index < -0.39 is 0 Å². The van der Waals surface area contributed by atoms with Crippen LogP contribution < -0.4 is 0 Å². The Bertz CT molecular complexity index is 586. The minimum absolute atomic E-state index is 0.701. The molecule has 0 aromatic heterocycles. The molecule has 0 radical (unpaired) electrons. The van der Waals surface area contributed by atoms with Gasteiger partial charge in [-0.25, -0.2) is 0 Å². The second-order valence-corrected chi connectivity index (χ2v) is 17.8. The molecular formula is C38H76. The molecule has 4 saturated carbocycles. The van der Waals surface area contributed by atoms with Crippen LogP contribution in [0, 0.1) is 45.3 Å². The molecule has 0 heteroatoms. The van der Waals surface area contributed by atoms with Gasteiger partial charge in [0.1, 0.15) is 0 Å². The quantitative estimate of drug-likeness (QED) is 0.291. The molecule has 0 aliphatic heterocycles. The maximum absolute atomic E-state index is 2.48. The van der Waals surface area contributed by atoms with Crippen molar-refractivity contribution in [1.29, 1.82) is 0 Å². The number of hydrogen-bond acceptors (Lipinski definition) is 0. The van der Waals surface area contributed by atoms with Gasteiger partial charge in [0.15, 0.2) is 0 Å². The van der Waals surface area contributed by atoms with Crippen LogP contribution in [0.2, 0.25) is 0 Å². The molecule has 4 fully saturated rings. The molecule has 4 rings (SSSR count). The highest BCUT2D eigenvalue weighted by Crippen LogP contribution is 2.50. The van der Waals surface area contributed by atoms with Gasteiger partial charge in [0.25, 0.3) is 0 Å². The van der Waals surface area contributed by atoms with Crippen molar-refractivity contribution in [3.8, 4) is 0 Å². The molecule has 0 heterocycles. The van der Waals surface area contributed by atoms with Gasteiger partial charge in [0, 0.05) is 0 Å². The van der Waals surface area contributed by atoms with Crippen LogP contribution in [-0.2, 0) is 0 Å². The first kappa shape index (κ1) is 36.0. The molecular weight excluding hydrogens is 456 g/mol. The van der Waals surface area contributed by atoms with E-state index in [1.54, 1.807) is 0 Å². The highest BCUT2D eigenvalue weighted by atomic mass is 14.4. The van der Waals surface area contributed by atoms with E-state index in [0.29, 0.717) is 10.8 Å². The van der Waals surface area contributed by atoms with Crippen molar-refractivity contribution in [3.63, 3.8) is 0 Å². The molecule has 0 N–H and O–H groups in total. The first-order valence-corrected chi connectivity index (χ1v) is 17.5. The normalized spacial score (nSPS) is 24.0. The average molecular weight is 533 g/mol. The lowest BCUT2D eigenvalue weighted by Gasteiger charge is -2.39. The first-order valence-electron chi connectivity index (χ1n) is 17.5. The smallest absolute Gasteiger partial charge is 0.0323 e. The fourth-order valence-corrected chi connectivity index (χ4v) is 8.39. The first-order chi connectivity index (χ1) is 17.5. The third-order valence-electron chi connectivity index (χ3n) is 10.1. The Hall–Kier alpha value is 0. The lowest BCUT2D eigenvalue weighted by atomic mass is 9.66. The van der Waals surface area contributed by atoms with Crippen LogP contribution in [0.15, 0.2) is 0 Å². The summed E-state index contributed by atoms with van der Waals surface area (Å²) in [6.07, 6.45) is 26.4. The molecule has 0 aromatic carbocycles. The monoisotopic (exact) mass is 533 g/mol. The van der Waals surface area contributed by atoms with Gasteiger partial charge in [-0.3, -0.25) is 0 Å². The third kappa shape index (κ3) is 16.3. The van der Waals surface area contributed by atoms with Gasteiger partial charge in [0.05, 0.1) is 0 Å². The highest BCUT2D eigenvalue weighted by Gasteiger charge is 2.37. The fourth-order valence-electron chi connectivity index (χ4n) is 8.39. The summed E-state index contributed by atoms with van der Waals surface area (Å²) < 4.78 is 0. The van der Waals surface area contributed by atoms with E-state index in [1.165, 1.54) is 116 Å². The van der Waals surface area contributed by atoms with Crippen LogP contribution in [0.25, 0.3) is 0 Å². The second-order valence-electron chi connectivity index (χ2n) is 17.8. The zero-order chi connectivity index (χ0) is 29.0. The van der Waals surface area contributed by atoms with Crippen molar-refractivity contribution in [2.24, 2.45) is 45.3 Å². The van der Waals surface area contributed by atoms with Crippen LogP contribution in [0.5, 0.6) is 0 Å². The summed E-state index contributed by atoms with van der Waals surface area (Å²) in [4.78, 5) is 0. The van der Waals surface area contributed by atoms with Crippen LogP contribution in [-0.4, -0.2) is 0 Å². The largest absolute Gasteiger partial charge is 0.0628 e. The molecule has 4 aliphatic carbocycles. The molecule has 0 nitrogen and oxygen atoms in total. The van der Waals surface area contributed by atoms with Crippen molar-refractivity contribution in [3.05, 3.63) is 0 Å². The molecule has 0 saturated heterocycles. The predicted molar refractivity (Wildman–Crippen MR) is 175 cm³/mol. The molecule has 0 unspecified atom stereocenters. The lowest BCUT2D eigenvalue weighted by Crippen LogP contribution is -2.26. The van der Waals surface area contributed by atoms with Crippen molar-refractivity contribution in [2.45, 2.75) is 199 Å². The Morgan fingerprint density at radius 3 is 0.711 bits per heavy atom. The summed E-state index contributed by atoms with van der Waals surface area (Å²) in [6.45, 7) is 28.4. The molecule has 0 atom stereocenters. The maximum atomic E-state index is 2.48. The molecule has 228 valence electrons. The molecule has 0 bridgehead atoms. The Balaban J connectivity index is 0.000000255. The molecule has 38 heavy (non-hydrogen) atoms. The van der Waals surface area contributed by atoms with Crippen LogP contribution in [0.3, 0.4) is 0 Å². The summed E-state index contributed by atoms with van der Waals surface area (Å²) in [7, 11) is 0. The van der Waals surface area contributed by atoms with Gasteiger partial charge in [-0.15, -0.1) is 0 Å². The zero-order valence-electron chi connectivity index (χ0n) is 29.0. The summed E-state index contributed by atoms with van der Waals surface area (Å²) in [5.41, 5.74) is 2.93. The number of rotatable bonds is 8. The summed E-state index contributed by atoms with van der Waals surface area (Å²) in [6, 6.07) is 0. The van der Waals surface area contributed by atoms with Gasteiger partial charge in [-0.05, 0) is 122 Å². The van der Waals surface area contributed by atoms with E-state index in [0.717, 1.165) is 34.5 Å². The van der Waals surface area contributed by atoms with Crippen molar-refractivity contribution < 1.29 is 0 Å². The Morgan fingerprint density at radius 2 is 0.526 bits per heavy atom. The van der Waals surface area contributed by atoms with Crippen LogP contribution in [0.1, 0.15) is 199 Å². The van der Waals surface area contributed by atoms with E-state index in [2.05, 4.69) is 83.1 Å². The van der Waals surface area contributed by atoms with Gasteiger partial charge >= 0.3 is 0 Å². The topological polar surface area (TPSA) is 0 Å². The molecule has 4 aliphatic rings. The van der Waals surface area contributed by atoms with Gasteiger partial charge < -0.3 is 0 Å². The minimum Gasteiger partial charge on any atom is -0.0628 e. The van der Waals surface area contributed by atoms with Gasteiger partial charge in [0.2, 0.25) is 0 Å². The summed E-state index contributed by atoms with van der Waals surface area (Å²) in [5.74, 6) is 3.58. The van der Waals surface area contributed by atoms with Crippen molar-refractivity contribution in [1.82, 2.24) is 0 Å². The minimum atomic E-state index is 0.701. The summed E-state index contributed by atoms with van der Waals surface area (Å²) >= 11 is 0. The number of hydrogen-bond donors (Lipinski definition) is 0. The van der Waals surface area contributed by atoms with Crippen molar-refractivity contribution in [2.75, 3.05) is 0 Å². The van der Waals surface area contributed by atoms with Crippen LogP contribution >= 0.6 is 0 Å². The van der Waals surface area contributed by atoms with Gasteiger partial charge in [-0.2, -0.15) is 0 Å². The zero-order valence-corrected chi connectivity index (χ0v) is 29.0. The highest BCUT2D eigenvalue weighted by molar-refractivity contribution is 4.88. The van der Waals surface area contributed by atoms with E-state index in [9.17, 15) is 0 Å². The van der Waals surface area contributed by atoms with Crippen LogP contribution in [0.4, 0.5) is 0 Å². The summed E-state index contributed by atoms with van der Waals surface area (Å²) in [5, 5.41) is 0. The molecule has 0 amide bonds. The molecule has 0 aromatic rings. The van der Waals surface area contributed by atoms with Gasteiger partial charge in [-0.1, -0.05) is 122 Å². The fraction of sp³-hybridized carbons (Fsp3) is 1.00. The molecule has 0 spiro atoms. The maximum Gasteiger partial charge on any atom is -0.0323 e. The SMILES string of the molecule is CC(C)CC1(C)CC1.CC(C)CC1(C)CCC1.CC(C)CC1(C)CCCC1.CC(C)CC1(C)CCCCC1. The van der Waals surface area contributed by atoms with E-state index in [1.807, 2.05) is 0 Å². The van der Waals surface area contributed by atoms with E-state index >= 15 is 0 Å². The Morgan fingerprint density at radius 1 is 0.316 bits per heavy atom. The predicted octanol–water partition coefficient (Wildman–Crippen LogP) is 13.7. The van der Waals surface area contributed by atoms with E-state index in [4.69, 9.17) is 0 Å². The van der Waals surface area contributed by atoms with E-state index in [-0.39, 0.29) is 0 Å². The Kier molecular flexibility index (Phi) is 15.6.